The first kappa shape index (κ1) is 17.4. The van der Waals surface area contributed by atoms with E-state index in [0.29, 0.717) is 38.5 Å². The SMILES string of the molecule is FC(F)(F)c1nc(CN2CCOCC2)cc(OC2CCNCC2)n1. The number of hydrogen-bond donors (Lipinski definition) is 1. The highest BCUT2D eigenvalue weighted by atomic mass is 19.4. The van der Waals surface area contributed by atoms with Crippen LogP contribution in [-0.4, -0.2) is 60.4 Å². The van der Waals surface area contributed by atoms with Crippen molar-refractivity contribution < 1.29 is 22.6 Å². The number of nitrogens with zero attached hydrogens (tertiary/aromatic N) is 3. The van der Waals surface area contributed by atoms with E-state index in [0.717, 1.165) is 25.9 Å². The Labute approximate surface area is 138 Å². The first-order valence-electron chi connectivity index (χ1n) is 8.13. The van der Waals surface area contributed by atoms with Crippen LogP contribution in [0.1, 0.15) is 24.4 Å². The number of alkyl halides is 3. The summed E-state index contributed by atoms with van der Waals surface area (Å²) in [5, 5.41) is 3.19. The molecule has 0 aliphatic carbocycles. The molecular formula is C15H21F3N4O2. The second-order valence-corrected chi connectivity index (χ2v) is 5.97. The first-order chi connectivity index (χ1) is 11.5. The highest BCUT2D eigenvalue weighted by molar-refractivity contribution is 5.18. The third-order valence-corrected chi connectivity index (χ3v) is 4.07. The number of rotatable bonds is 4. The molecule has 0 unspecified atom stereocenters. The fraction of sp³-hybridized carbons (Fsp3) is 0.733. The minimum Gasteiger partial charge on any atom is -0.474 e. The van der Waals surface area contributed by atoms with Gasteiger partial charge < -0.3 is 14.8 Å². The van der Waals surface area contributed by atoms with E-state index in [1.807, 2.05) is 4.90 Å². The molecule has 2 fully saturated rings. The summed E-state index contributed by atoms with van der Waals surface area (Å²) in [7, 11) is 0. The third kappa shape index (κ3) is 4.78. The molecule has 0 atom stereocenters. The summed E-state index contributed by atoms with van der Waals surface area (Å²) in [4.78, 5) is 9.27. The minimum atomic E-state index is -4.59. The Kier molecular flexibility index (Phi) is 5.52. The van der Waals surface area contributed by atoms with Gasteiger partial charge in [0.15, 0.2) is 0 Å². The van der Waals surface area contributed by atoms with Crippen LogP contribution in [0, 0.1) is 0 Å². The Morgan fingerprint density at radius 2 is 1.92 bits per heavy atom. The number of nitrogens with one attached hydrogen (secondary N) is 1. The lowest BCUT2D eigenvalue weighted by Gasteiger charge is -2.27. The van der Waals surface area contributed by atoms with Gasteiger partial charge in [0.1, 0.15) is 6.10 Å². The molecule has 9 heteroatoms. The van der Waals surface area contributed by atoms with Crippen molar-refractivity contribution in [1.82, 2.24) is 20.2 Å². The maximum atomic E-state index is 13.1. The minimum absolute atomic E-state index is 0.00693. The van der Waals surface area contributed by atoms with Crippen molar-refractivity contribution >= 4 is 0 Å². The predicted molar refractivity (Wildman–Crippen MR) is 79.6 cm³/mol. The van der Waals surface area contributed by atoms with E-state index in [1.54, 1.807) is 0 Å². The monoisotopic (exact) mass is 346 g/mol. The van der Waals surface area contributed by atoms with E-state index in [9.17, 15) is 13.2 Å². The molecule has 0 amide bonds. The zero-order valence-corrected chi connectivity index (χ0v) is 13.3. The van der Waals surface area contributed by atoms with Crippen LogP contribution >= 0.6 is 0 Å². The smallest absolute Gasteiger partial charge is 0.451 e. The topological polar surface area (TPSA) is 59.5 Å². The molecular weight excluding hydrogens is 325 g/mol. The molecule has 3 rings (SSSR count). The second kappa shape index (κ2) is 7.62. The molecule has 2 saturated heterocycles. The summed E-state index contributed by atoms with van der Waals surface area (Å²) in [5.41, 5.74) is 0.322. The summed E-state index contributed by atoms with van der Waals surface area (Å²) < 4.78 is 50.2. The summed E-state index contributed by atoms with van der Waals surface area (Å²) in [6, 6.07) is 1.52. The Balaban J connectivity index is 1.77. The van der Waals surface area contributed by atoms with Crippen LogP contribution in [0.2, 0.25) is 0 Å². The van der Waals surface area contributed by atoms with Gasteiger partial charge in [-0.3, -0.25) is 4.90 Å². The lowest BCUT2D eigenvalue weighted by molar-refractivity contribution is -0.145. The van der Waals surface area contributed by atoms with Crippen LogP contribution in [-0.2, 0) is 17.5 Å². The van der Waals surface area contributed by atoms with Gasteiger partial charge in [0.05, 0.1) is 18.9 Å². The number of hydrogen-bond acceptors (Lipinski definition) is 6. The van der Waals surface area contributed by atoms with Gasteiger partial charge in [-0.25, -0.2) is 4.98 Å². The molecule has 0 bridgehead atoms. The lowest BCUT2D eigenvalue weighted by atomic mass is 10.1. The molecule has 134 valence electrons. The van der Waals surface area contributed by atoms with Gasteiger partial charge in [-0.1, -0.05) is 0 Å². The van der Waals surface area contributed by atoms with Crippen LogP contribution in [0.5, 0.6) is 5.88 Å². The van der Waals surface area contributed by atoms with Crippen LogP contribution in [0.15, 0.2) is 6.07 Å². The van der Waals surface area contributed by atoms with E-state index in [1.165, 1.54) is 6.07 Å². The van der Waals surface area contributed by atoms with Gasteiger partial charge in [-0.2, -0.15) is 18.2 Å². The van der Waals surface area contributed by atoms with Crippen LogP contribution in [0.4, 0.5) is 13.2 Å². The van der Waals surface area contributed by atoms with E-state index in [-0.39, 0.29) is 12.0 Å². The molecule has 24 heavy (non-hydrogen) atoms. The molecule has 0 aromatic carbocycles. The van der Waals surface area contributed by atoms with Crippen molar-refractivity contribution in [3.05, 3.63) is 17.6 Å². The maximum Gasteiger partial charge on any atom is 0.451 e. The maximum absolute atomic E-state index is 13.1. The average molecular weight is 346 g/mol. The van der Waals surface area contributed by atoms with Gasteiger partial charge in [0, 0.05) is 25.7 Å². The van der Waals surface area contributed by atoms with Crippen LogP contribution in [0.3, 0.4) is 0 Å². The number of morpholine rings is 1. The summed E-state index contributed by atoms with van der Waals surface area (Å²) in [6.07, 6.45) is -3.19. The highest BCUT2D eigenvalue weighted by Crippen LogP contribution is 2.28. The van der Waals surface area contributed by atoms with Gasteiger partial charge in [-0.05, 0) is 25.9 Å². The molecule has 2 aliphatic heterocycles. The van der Waals surface area contributed by atoms with Crippen molar-refractivity contribution in [2.45, 2.75) is 31.7 Å². The largest absolute Gasteiger partial charge is 0.474 e. The van der Waals surface area contributed by atoms with Crippen LogP contribution < -0.4 is 10.1 Å². The number of piperidine rings is 1. The van der Waals surface area contributed by atoms with Crippen molar-refractivity contribution in [1.29, 1.82) is 0 Å². The molecule has 6 nitrogen and oxygen atoms in total. The van der Waals surface area contributed by atoms with Crippen molar-refractivity contribution in [3.8, 4) is 5.88 Å². The molecule has 1 aromatic heterocycles. The van der Waals surface area contributed by atoms with Crippen molar-refractivity contribution in [3.63, 3.8) is 0 Å². The molecule has 0 radical (unpaired) electrons. The van der Waals surface area contributed by atoms with Crippen molar-refractivity contribution in [2.75, 3.05) is 39.4 Å². The van der Waals surface area contributed by atoms with Gasteiger partial charge >= 0.3 is 6.18 Å². The van der Waals surface area contributed by atoms with Gasteiger partial charge in [-0.15, -0.1) is 0 Å². The number of halogens is 3. The summed E-state index contributed by atoms with van der Waals surface area (Å²) in [5.74, 6) is -1.13. The second-order valence-electron chi connectivity index (χ2n) is 5.97. The standard InChI is InChI=1S/C15H21F3N4O2/c16-15(17,18)14-20-11(10-22-5-7-23-8-6-22)9-13(21-14)24-12-1-3-19-4-2-12/h9,12,19H,1-8,10H2. The molecule has 1 N–H and O–H groups in total. The van der Waals surface area contributed by atoms with Crippen LogP contribution in [0.25, 0.3) is 0 Å². The lowest BCUT2D eigenvalue weighted by Crippen LogP contribution is -2.36. The fourth-order valence-electron chi connectivity index (χ4n) is 2.81. The van der Waals surface area contributed by atoms with Gasteiger partial charge in [0.2, 0.25) is 11.7 Å². The third-order valence-electron chi connectivity index (χ3n) is 4.07. The Morgan fingerprint density at radius 1 is 1.21 bits per heavy atom. The molecule has 0 saturated carbocycles. The Morgan fingerprint density at radius 3 is 2.58 bits per heavy atom. The Hall–Kier alpha value is -1.45. The fourth-order valence-corrected chi connectivity index (χ4v) is 2.81. The average Bonchev–Trinajstić information content (AvgIpc) is 2.56. The quantitative estimate of drug-likeness (QED) is 0.891. The zero-order chi connectivity index (χ0) is 17.0. The van der Waals surface area contributed by atoms with E-state index in [2.05, 4.69) is 15.3 Å². The first-order valence-corrected chi connectivity index (χ1v) is 8.13. The van der Waals surface area contributed by atoms with E-state index >= 15 is 0 Å². The summed E-state index contributed by atoms with van der Waals surface area (Å²) in [6.45, 7) is 4.43. The van der Waals surface area contributed by atoms with E-state index < -0.39 is 12.0 Å². The molecule has 1 aromatic rings. The molecule has 3 heterocycles. The zero-order valence-electron chi connectivity index (χ0n) is 13.3. The predicted octanol–water partition coefficient (Wildman–Crippen LogP) is 1.46. The number of aromatic nitrogens is 2. The highest BCUT2D eigenvalue weighted by Gasteiger charge is 2.36. The molecule has 0 spiro atoms. The molecule has 2 aliphatic rings. The Bertz CT molecular complexity index is 506. The normalized spacial score (nSPS) is 21.0. The van der Waals surface area contributed by atoms with Crippen molar-refractivity contribution in [2.24, 2.45) is 0 Å². The van der Waals surface area contributed by atoms with E-state index in [4.69, 9.17) is 9.47 Å². The summed E-state index contributed by atoms with van der Waals surface area (Å²) >= 11 is 0. The number of ether oxygens (including phenoxy) is 2. The van der Waals surface area contributed by atoms with Gasteiger partial charge in [0.25, 0.3) is 0 Å².